The number of thiophene rings is 1. The summed E-state index contributed by atoms with van der Waals surface area (Å²) in [5.41, 5.74) is 8.62. The van der Waals surface area contributed by atoms with Crippen molar-refractivity contribution in [1.82, 2.24) is 0 Å². The lowest BCUT2D eigenvalue weighted by atomic mass is 10.0. The Balaban J connectivity index is 2.40. The second kappa shape index (κ2) is 5.00. The van der Waals surface area contributed by atoms with Gasteiger partial charge in [-0.25, -0.2) is 0 Å². The fourth-order valence-electron chi connectivity index (χ4n) is 1.55. The summed E-state index contributed by atoms with van der Waals surface area (Å²) in [6, 6.07) is 10.3. The summed E-state index contributed by atoms with van der Waals surface area (Å²) in [6.07, 6.45) is 0. The molecular weight excluding hydrogens is 350 g/mol. The van der Waals surface area contributed by atoms with Gasteiger partial charge >= 0.3 is 0 Å². The van der Waals surface area contributed by atoms with Gasteiger partial charge in [0.2, 0.25) is 0 Å². The van der Waals surface area contributed by atoms with Gasteiger partial charge < -0.3 is 5.73 Å². The number of hydrogen-bond donors (Lipinski definition) is 1. The van der Waals surface area contributed by atoms with Crippen molar-refractivity contribution in [3.05, 3.63) is 54.6 Å². The zero-order chi connectivity index (χ0) is 11.7. The van der Waals surface area contributed by atoms with E-state index in [4.69, 9.17) is 5.73 Å². The zero-order valence-corrected chi connectivity index (χ0v) is 12.7. The van der Waals surface area contributed by atoms with Crippen molar-refractivity contribution < 1.29 is 0 Å². The van der Waals surface area contributed by atoms with Crippen LogP contribution in [0.4, 0.5) is 0 Å². The molecule has 1 atom stereocenters. The highest BCUT2D eigenvalue weighted by Crippen LogP contribution is 2.33. The minimum atomic E-state index is -0.0643. The van der Waals surface area contributed by atoms with E-state index in [9.17, 15) is 0 Å². The van der Waals surface area contributed by atoms with Crippen molar-refractivity contribution in [2.75, 3.05) is 0 Å². The highest BCUT2D eigenvalue weighted by atomic mass is 79.9. The largest absolute Gasteiger partial charge is 0.320 e. The Labute approximate surface area is 116 Å². The number of nitrogens with two attached hydrogens (primary N) is 1. The molecular formula is C12H11Br2NS. The van der Waals surface area contributed by atoms with E-state index in [1.807, 2.05) is 12.1 Å². The molecule has 1 aromatic heterocycles. The van der Waals surface area contributed by atoms with E-state index in [-0.39, 0.29) is 6.04 Å². The smallest absolute Gasteiger partial charge is 0.0702 e. The topological polar surface area (TPSA) is 26.0 Å². The summed E-state index contributed by atoms with van der Waals surface area (Å²) in [5.74, 6) is 0. The van der Waals surface area contributed by atoms with Crippen LogP contribution < -0.4 is 5.73 Å². The molecule has 2 rings (SSSR count). The number of benzene rings is 1. The Morgan fingerprint density at radius 1 is 1.19 bits per heavy atom. The molecule has 0 amide bonds. The lowest BCUT2D eigenvalue weighted by Gasteiger charge is -2.13. The zero-order valence-electron chi connectivity index (χ0n) is 8.71. The third-order valence-electron chi connectivity index (χ3n) is 2.39. The van der Waals surface area contributed by atoms with Crippen LogP contribution in [0.5, 0.6) is 0 Å². The van der Waals surface area contributed by atoms with Crippen molar-refractivity contribution in [2.24, 2.45) is 5.73 Å². The van der Waals surface area contributed by atoms with Crippen molar-refractivity contribution in [2.45, 2.75) is 13.0 Å². The second-order valence-electron chi connectivity index (χ2n) is 3.64. The maximum Gasteiger partial charge on any atom is 0.0702 e. The minimum Gasteiger partial charge on any atom is -0.320 e. The molecule has 0 saturated heterocycles. The molecule has 0 spiro atoms. The molecule has 2 N–H and O–H groups in total. The molecule has 1 aromatic carbocycles. The normalized spacial score (nSPS) is 12.8. The number of aryl methyl sites for hydroxylation is 1. The third-order valence-corrected chi connectivity index (χ3v) is 4.82. The van der Waals surface area contributed by atoms with Crippen LogP contribution in [0.15, 0.2) is 38.6 Å². The predicted octanol–water partition coefficient (Wildman–Crippen LogP) is 4.63. The molecule has 0 fully saturated rings. The molecule has 4 heteroatoms. The Hall–Kier alpha value is -0.160. The van der Waals surface area contributed by atoms with E-state index in [1.165, 1.54) is 5.56 Å². The van der Waals surface area contributed by atoms with Crippen LogP contribution in [0.25, 0.3) is 0 Å². The van der Waals surface area contributed by atoms with Gasteiger partial charge in [-0.3, -0.25) is 0 Å². The monoisotopic (exact) mass is 359 g/mol. The Morgan fingerprint density at radius 2 is 1.94 bits per heavy atom. The Morgan fingerprint density at radius 3 is 2.56 bits per heavy atom. The lowest BCUT2D eigenvalue weighted by molar-refractivity contribution is 0.885. The molecule has 0 aliphatic rings. The summed E-state index contributed by atoms with van der Waals surface area (Å²) >= 11 is 8.68. The molecule has 1 nitrogen and oxygen atoms in total. The first-order chi connectivity index (χ1) is 7.58. The third kappa shape index (κ3) is 2.56. The highest BCUT2D eigenvalue weighted by Gasteiger charge is 2.14. The van der Waals surface area contributed by atoms with Gasteiger partial charge in [0.05, 0.1) is 9.83 Å². The van der Waals surface area contributed by atoms with Gasteiger partial charge in [-0.15, -0.1) is 11.3 Å². The van der Waals surface area contributed by atoms with Gasteiger partial charge in [0, 0.05) is 9.35 Å². The van der Waals surface area contributed by atoms with Crippen LogP contribution in [-0.4, -0.2) is 0 Å². The van der Waals surface area contributed by atoms with E-state index in [0.717, 1.165) is 18.7 Å². The summed E-state index contributed by atoms with van der Waals surface area (Å²) in [6.45, 7) is 2.08. The van der Waals surface area contributed by atoms with Crippen LogP contribution in [0.1, 0.15) is 22.0 Å². The first-order valence-corrected chi connectivity index (χ1v) is 7.25. The number of hydrogen-bond acceptors (Lipinski definition) is 2. The maximum atomic E-state index is 6.26. The van der Waals surface area contributed by atoms with Gasteiger partial charge in [0.1, 0.15) is 0 Å². The summed E-state index contributed by atoms with van der Waals surface area (Å²) in [5, 5.41) is 0. The van der Waals surface area contributed by atoms with Gasteiger partial charge in [-0.05, 0) is 46.6 Å². The number of halogens is 2. The molecule has 0 saturated carbocycles. The van der Waals surface area contributed by atoms with E-state index in [1.54, 1.807) is 11.3 Å². The Kier molecular flexibility index (Phi) is 3.85. The SMILES string of the molecule is Cc1ccc(Br)c(C(N)c2ccc(Br)s2)c1. The fourth-order valence-corrected chi connectivity index (χ4v) is 3.49. The molecule has 0 aliphatic heterocycles. The molecule has 0 bridgehead atoms. The fraction of sp³-hybridized carbons (Fsp3) is 0.167. The summed E-state index contributed by atoms with van der Waals surface area (Å²) < 4.78 is 2.18. The van der Waals surface area contributed by atoms with Crippen molar-refractivity contribution in [3.8, 4) is 0 Å². The van der Waals surface area contributed by atoms with Gasteiger partial charge in [0.25, 0.3) is 0 Å². The first-order valence-electron chi connectivity index (χ1n) is 4.85. The van der Waals surface area contributed by atoms with Crippen molar-refractivity contribution in [3.63, 3.8) is 0 Å². The molecule has 2 aromatic rings. The molecule has 1 heterocycles. The average molecular weight is 361 g/mol. The molecule has 0 radical (unpaired) electrons. The van der Waals surface area contributed by atoms with Gasteiger partial charge in [0.15, 0.2) is 0 Å². The molecule has 0 aliphatic carbocycles. The van der Waals surface area contributed by atoms with Gasteiger partial charge in [-0.2, -0.15) is 0 Å². The quantitative estimate of drug-likeness (QED) is 0.830. The second-order valence-corrected chi connectivity index (χ2v) is 6.99. The van der Waals surface area contributed by atoms with Crippen molar-refractivity contribution >= 4 is 43.2 Å². The van der Waals surface area contributed by atoms with E-state index in [2.05, 4.69) is 57.0 Å². The molecule has 1 unspecified atom stereocenters. The summed E-state index contributed by atoms with van der Waals surface area (Å²) in [7, 11) is 0. The van der Waals surface area contributed by atoms with Crippen LogP contribution in [0.2, 0.25) is 0 Å². The van der Waals surface area contributed by atoms with Crippen LogP contribution in [0, 0.1) is 6.92 Å². The van der Waals surface area contributed by atoms with Crippen LogP contribution in [0.3, 0.4) is 0 Å². The van der Waals surface area contributed by atoms with Crippen LogP contribution >= 0.6 is 43.2 Å². The summed E-state index contributed by atoms with van der Waals surface area (Å²) in [4.78, 5) is 1.16. The standard InChI is InChI=1S/C12H11Br2NS/c1-7-2-3-9(13)8(6-7)12(15)10-4-5-11(14)16-10/h2-6,12H,15H2,1H3. The molecule has 16 heavy (non-hydrogen) atoms. The van der Waals surface area contributed by atoms with E-state index in [0.29, 0.717) is 0 Å². The first kappa shape index (κ1) is 12.3. The Bertz CT molecular complexity index is 507. The van der Waals surface area contributed by atoms with E-state index < -0.39 is 0 Å². The van der Waals surface area contributed by atoms with Crippen molar-refractivity contribution in [1.29, 1.82) is 0 Å². The number of rotatable bonds is 2. The maximum absolute atomic E-state index is 6.26. The minimum absolute atomic E-state index is 0.0643. The average Bonchev–Trinajstić information content (AvgIpc) is 2.67. The predicted molar refractivity (Wildman–Crippen MR) is 76.9 cm³/mol. The lowest BCUT2D eigenvalue weighted by Crippen LogP contribution is -2.11. The highest BCUT2D eigenvalue weighted by molar-refractivity contribution is 9.11. The van der Waals surface area contributed by atoms with Crippen LogP contribution in [-0.2, 0) is 0 Å². The van der Waals surface area contributed by atoms with E-state index >= 15 is 0 Å². The molecule has 84 valence electrons. The van der Waals surface area contributed by atoms with Gasteiger partial charge in [-0.1, -0.05) is 33.6 Å².